The standard InChI is InChI=1S/C35H35N3O4/c1-22(2)28-19-29(24(4)18-32(28)41-6)34-37-30-12-8-7-11-27(30)35(39)38(34)36-20-26-10-9-13-31(40-5)33(26)42-21-25-16-14-23(3)15-17-25/h7-20,22H,21H2,1-6H3. The number of methoxy groups -OCH3 is 2. The number of fused-ring (bicyclic) bond motifs is 1. The second-order valence-electron chi connectivity index (χ2n) is 10.5. The fraction of sp³-hybridized carbons (Fsp3) is 0.229. The highest BCUT2D eigenvalue weighted by Gasteiger charge is 2.19. The van der Waals surface area contributed by atoms with Crippen LogP contribution in [0.4, 0.5) is 0 Å². The Bertz CT molecular complexity index is 1820. The average molecular weight is 562 g/mol. The SMILES string of the molecule is COc1cc(C)c(-c2nc3ccccc3c(=O)n2N=Cc2cccc(OC)c2OCc2ccc(C)cc2)cc1C(C)C. The van der Waals surface area contributed by atoms with Gasteiger partial charge in [0.1, 0.15) is 12.4 Å². The van der Waals surface area contributed by atoms with Crippen LogP contribution in [0.15, 0.2) is 88.8 Å². The maximum atomic E-state index is 13.9. The summed E-state index contributed by atoms with van der Waals surface area (Å²) in [5.41, 5.74) is 5.97. The van der Waals surface area contributed by atoms with Gasteiger partial charge in [-0.2, -0.15) is 9.78 Å². The Morgan fingerprint density at radius 1 is 0.905 bits per heavy atom. The van der Waals surface area contributed by atoms with Crippen LogP contribution < -0.4 is 19.8 Å². The Labute approximate surface area is 246 Å². The Kier molecular flexibility index (Phi) is 8.38. The first kappa shape index (κ1) is 28.6. The van der Waals surface area contributed by atoms with Crippen LogP contribution in [0.25, 0.3) is 22.3 Å². The third-order valence-corrected chi connectivity index (χ3v) is 7.24. The van der Waals surface area contributed by atoms with E-state index in [1.165, 1.54) is 10.2 Å². The minimum Gasteiger partial charge on any atom is -0.496 e. The summed E-state index contributed by atoms with van der Waals surface area (Å²) in [5, 5.41) is 5.19. The van der Waals surface area contributed by atoms with E-state index < -0.39 is 0 Å². The molecule has 0 radical (unpaired) electrons. The highest BCUT2D eigenvalue weighted by molar-refractivity contribution is 5.86. The molecule has 1 aromatic heterocycles. The Balaban J connectivity index is 1.65. The number of para-hydroxylation sites is 2. The van der Waals surface area contributed by atoms with E-state index in [1.807, 2.05) is 74.5 Å². The maximum Gasteiger partial charge on any atom is 0.282 e. The summed E-state index contributed by atoms with van der Waals surface area (Å²) in [6.07, 6.45) is 1.62. The molecule has 0 amide bonds. The Morgan fingerprint density at radius 3 is 2.36 bits per heavy atom. The molecular formula is C35H35N3O4. The maximum absolute atomic E-state index is 13.9. The largest absolute Gasteiger partial charge is 0.496 e. The highest BCUT2D eigenvalue weighted by Crippen LogP contribution is 2.34. The summed E-state index contributed by atoms with van der Waals surface area (Å²) >= 11 is 0. The van der Waals surface area contributed by atoms with Gasteiger partial charge in [0.2, 0.25) is 0 Å². The summed E-state index contributed by atoms with van der Waals surface area (Å²) in [6, 6.07) is 25.1. The number of hydrogen-bond acceptors (Lipinski definition) is 6. The van der Waals surface area contributed by atoms with E-state index in [4.69, 9.17) is 24.3 Å². The number of ether oxygens (including phenoxy) is 3. The van der Waals surface area contributed by atoms with Gasteiger partial charge in [-0.05, 0) is 72.9 Å². The topological polar surface area (TPSA) is 74.9 Å². The quantitative estimate of drug-likeness (QED) is 0.177. The van der Waals surface area contributed by atoms with E-state index in [1.54, 1.807) is 26.5 Å². The Hall–Kier alpha value is -4.91. The normalized spacial score (nSPS) is 11.4. The van der Waals surface area contributed by atoms with Crippen LogP contribution in [0.2, 0.25) is 0 Å². The first-order chi connectivity index (χ1) is 20.3. The second kappa shape index (κ2) is 12.3. The minimum absolute atomic E-state index is 0.202. The fourth-order valence-corrected chi connectivity index (χ4v) is 4.88. The molecule has 7 heteroatoms. The lowest BCUT2D eigenvalue weighted by atomic mass is 9.96. The molecule has 0 spiro atoms. The van der Waals surface area contributed by atoms with Gasteiger partial charge in [0.25, 0.3) is 5.56 Å². The molecule has 0 saturated carbocycles. The van der Waals surface area contributed by atoms with Gasteiger partial charge in [0, 0.05) is 11.1 Å². The molecule has 7 nitrogen and oxygen atoms in total. The number of nitrogens with zero attached hydrogens (tertiary/aromatic N) is 3. The van der Waals surface area contributed by atoms with Gasteiger partial charge in [-0.15, -0.1) is 0 Å². The summed E-state index contributed by atoms with van der Waals surface area (Å²) in [6.45, 7) is 8.60. The second-order valence-corrected chi connectivity index (χ2v) is 10.5. The molecule has 5 aromatic rings. The van der Waals surface area contributed by atoms with E-state index in [0.29, 0.717) is 40.4 Å². The van der Waals surface area contributed by atoms with E-state index >= 15 is 0 Å². The third-order valence-electron chi connectivity index (χ3n) is 7.24. The summed E-state index contributed by atoms with van der Waals surface area (Å²) < 4.78 is 18.9. The van der Waals surface area contributed by atoms with Crippen LogP contribution in [0.5, 0.6) is 17.2 Å². The van der Waals surface area contributed by atoms with Gasteiger partial charge in [0.05, 0.1) is 31.3 Å². The van der Waals surface area contributed by atoms with Crippen molar-refractivity contribution >= 4 is 17.1 Å². The summed E-state index contributed by atoms with van der Waals surface area (Å²) in [4.78, 5) is 18.8. The monoisotopic (exact) mass is 561 g/mol. The van der Waals surface area contributed by atoms with E-state index in [9.17, 15) is 4.79 Å². The van der Waals surface area contributed by atoms with Gasteiger partial charge in [-0.25, -0.2) is 4.98 Å². The van der Waals surface area contributed by atoms with Crippen LogP contribution in [0, 0.1) is 13.8 Å². The minimum atomic E-state index is -0.266. The highest BCUT2D eigenvalue weighted by atomic mass is 16.5. The van der Waals surface area contributed by atoms with Crippen molar-refractivity contribution in [3.63, 3.8) is 0 Å². The Morgan fingerprint density at radius 2 is 1.64 bits per heavy atom. The molecule has 0 saturated heterocycles. The predicted octanol–water partition coefficient (Wildman–Crippen LogP) is 7.28. The van der Waals surface area contributed by atoms with Crippen molar-refractivity contribution in [2.45, 2.75) is 40.2 Å². The molecule has 0 aliphatic carbocycles. The molecule has 0 aliphatic heterocycles. The average Bonchev–Trinajstić information content (AvgIpc) is 3.00. The first-order valence-corrected chi connectivity index (χ1v) is 13.9. The van der Waals surface area contributed by atoms with Gasteiger partial charge < -0.3 is 14.2 Å². The summed E-state index contributed by atoms with van der Waals surface area (Å²) in [5.74, 6) is 2.56. The zero-order valence-corrected chi connectivity index (χ0v) is 24.8. The van der Waals surface area contributed by atoms with Crippen LogP contribution in [-0.2, 0) is 6.61 Å². The number of hydrogen-bond donors (Lipinski definition) is 0. The van der Waals surface area contributed by atoms with Gasteiger partial charge >= 0.3 is 0 Å². The number of aromatic nitrogens is 2. The van der Waals surface area contributed by atoms with Gasteiger partial charge in [-0.1, -0.05) is 61.9 Å². The van der Waals surface area contributed by atoms with Crippen molar-refractivity contribution in [2.24, 2.45) is 5.10 Å². The molecule has 0 aliphatic rings. The van der Waals surface area contributed by atoms with Crippen molar-refractivity contribution in [3.05, 3.63) is 117 Å². The molecule has 1 heterocycles. The van der Waals surface area contributed by atoms with Gasteiger partial charge in [0.15, 0.2) is 17.3 Å². The van der Waals surface area contributed by atoms with Crippen molar-refractivity contribution in [2.75, 3.05) is 14.2 Å². The lowest BCUT2D eigenvalue weighted by Crippen LogP contribution is -2.21. The molecule has 4 aromatic carbocycles. The van der Waals surface area contributed by atoms with Crippen LogP contribution in [0.1, 0.15) is 47.6 Å². The van der Waals surface area contributed by atoms with Crippen LogP contribution >= 0.6 is 0 Å². The van der Waals surface area contributed by atoms with Crippen LogP contribution in [-0.4, -0.2) is 30.1 Å². The predicted molar refractivity (Wildman–Crippen MR) is 168 cm³/mol. The molecule has 42 heavy (non-hydrogen) atoms. The number of benzene rings is 4. The van der Waals surface area contributed by atoms with Crippen molar-refractivity contribution in [1.82, 2.24) is 9.66 Å². The molecule has 0 N–H and O–H groups in total. The van der Waals surface area contributed by atoms with E-state index in [0.717, 1.165) is 28.0 Å². The summed E-state index contributed by atoms with van der Waals surface area (Å²) in [7, 11) is 3.27. The number of rotatable bonds is 9. The smallest absolute Gasteiger partial charge is 0.282 e. The lowest BCUT2D eigenvalue weighted by Gasteiger charge is -2.17. The zero-order valence-electron chi connectivity index (χ0n) is 24.8. The van der Waals surface area contributed by atoms with Crippen molar-refractivity contribution < 1.29 is 14.2 Å². The fourth-order valence-electron chi connectivity index (χ4n) is 4.88. The van der Waals surface area contributed by atoms with Crippen molar-refractivity contribution in [1.29, 1.82) is 0 Å². The molecule has 5 rings (SSSR count). The van der Waals surface area contributed by atoms with Crippen LogP contribution in [0.3, 0.4) is 0 Å². The molecule has 214 valence electrons. The van der Waals surface area contributed by atoms with E-state index in [2.05, 4.69) is 26.0 Å². The van der Waals surface area contributed by atoms with Crippen molar-refractivity contribution in [3.8, 4) is 28.6 Å². The van der Waals surface area contributed by atoms with E-state index in [-0.39, 0.29) is 11.5 Å². The van der Waals surface area contributed by atoms with Gasteiger partial charge in [-0.3, -0.25) is 4.79 Å². The molecular weight excluding hydrogens is 526 g/mol. The third kappa shape index (κ3) is 5.77. The molecule has 0 fully saturated rings. The number of aryl methyl sites for hydroxylation is 2. The molecule has 0 atom stereocenters. The molecule has 0 bridgehead atoms. The molecule has 0 unspecified atom stereocenters. The lowest BCUT2D eigenvalue weighted by molar-refractivity contribution is 0.284. The first-order valence-electron chi connectivity index (χ1n) is 13.9. The zero-order chi connectivity index (χ0) is 29.8.